The molecule has 160 valence electrons. The maximum atomic E-state index is 12.8. The monoisotopic (exact) mass is 438 g/mol. The number of carbonyl (C=O) groups is 1. The number of nitrogens with zero attached hydrogens (tertiary/aromatic N) is 2. The maximum Gasteiger partial charge on any atom is 0.168 e. The van der Waals surface area contributed by atoms with E-state index in [9.17, 15) is 13.6 Å². The molecular weight excluding hydrogens is 414 g/mol. The molecule has 3 nitrogen and oxygen atoms in total. The summed E-state index contributed by atoms with van der Waals surface area (Å²) in [7, 11) is 2.03. The van der Waals surface area contributed by atoms with E-state index in [0.717, 1.165) is 12.1 Å². The lowest BCUT2D eigenvalue weighted by atomic mass is 10.1. The van der Waals surface area contributed by atoms with Gasteiger partial charge in [0.2, 0.25) is 0 Å². The molecule has 2 aromatic heterocycles. The van der Waals surface area contributed by atoms with Crippen LogP contribution in [0, 0.1) is 25.5 Å². The van der Waals surface area contributed by atoms with Gasteiger partial charge in [0.05, 0.1) is 28.7 Å². The normalized spacial score (nSPS) is 10.5. The highest BCUT2D eigenvalue weighted by atomic mass is 32.1. The molecule has 4 aromatic rings. The summed E-state index contributed by atoms with van der Waals surface area (Å²) < 4.78 is 27.7. The van der Waals surface area contributed by atoms with Crippen molar-refractivity contribution in [2.45, 2.75) is 27.2 Å². The van der Waals surface area contributed by atoms with Gasteiger partial charge in [0.1, 0.15) is 11.6 Å². The lowest BCUT2D eigenvalue weighted by molar-refractivity contribution is 0.0980. The molecule has 0 aliphatic heterocycles. The zero-order valence-electron chi connectivity index (χ0n) is 17.9. The zero-order chi connectivity index (χ0) is 22.5. The summed E-state index contributed by atoms with van der Waals surface area (Å²) in [6, 6.07) is 14.4. The van der Waals surface area contributed by atoms with Crippen LogP contribution in [0.15, 0.2) is 61.1 Å². The van der Waals surface area contributed by atoms with Crippen molar-refractivity contribution in [3.05, 3.63) is 89.4 Å². The Kier molecular flexibility index (Phi) is 7.13. The van der Waals surface area contributed by atoms with Crippen LogP contribution in [-0.2, 0) is 7.05 Å². The molecule has 0 bridgehead atoms. The summed E-state index contributed by atoms with van der Waals surface area (Å²) in [4.78, 5) is 17.8. The second kappa shape index (κ2) is 9.79. The minimum Gasteiger partial charge on any atom is -0.333 e. The van der Waals surface area contributed by atoms with Crippen LogP contribution in [0.25, 0.3) is 21.0 Å². The standard InChI is InChI=1S/C16H16N2S.C9H8F2O/c1-11-4-6-13(7-5-11)16-12(2)8-15(19-16)14-9-17-10-18(14)3;1-2-8(12)9-6(10)4-3-5-7(9)11/h4-10H,1-3H3;3-5H,2H2,1H3. The average molecular weight is 439 g/mol. The van der Waals surface area contributed by atoms with Gasteiger partial charge in [-0.05, 0) is 43.2 Å². The fourth-order valence-corrected chi connectivity index (χ4v) is 4.37. The van der Waals surface area contributed by atoms with E-state index in [1.807, 2.05) is 30.9 Å². The van der Waals surface area contributed by atoms with Crippen LogP contribution in [0.4, 0.5) is 8.78 Å². The minimum absolute atomic E-state index is 0.109. The third kappa shape index (κ3) is 5.14. The van der Waals surface area contributed by atoms with Crippen molar-refractivity contribution in [3.63, 3.8) is 0 Å². The highest BCUT2D eigenvalue weighted by Crippen LogP contribution is 2.37. The predicted octanol–water partition coefficient (Wildman–Crippen LogP) is 6.99. The molecule has 0 aliphatic rings. The van der Waals surface area contributed by atoms with E-state index in [1.165, 1.54) is 38.2 Å². The molecule has 0 amide bonds. The van der Waals surface area contributed by atoms with Gasteiger partial charge in [-0.1, -0.05) is 42.8 Å². The zero-order valence-corrected chi connectivity index (χ0v) is 18.8. The second-order valence-corrected chi connectivity index (χ2v) is 8.30. The summed E-state index contributed by atoms with van der Waals surface area (Å²) in [5.74, 6) is -2.09. The van der Waals surface area contributed by atoms with Crippen molar-refractivity contribution >= 4 is 17.1 Å². The second-order valence-electron chi connectivity index (χ2n) is 7.25. The molecule has 0 saturated heterocycles. The molecule has 2 aromatic carbocycles. The smallest absolute Gasteiger partial charge is 0.168 e. The van der Waals surface area contributed by atoms with Crippen molar-refractivity contribution in [1.82, 2.24) is 9.55 Å². The number of Topliss-reactive ketones (excluding diaryl/α,β-unsaturated/α-hetero) is 1. The predicted molar refractivity (Wildman–Crippen MR) is 122 cm³/mol. The molecular formula is C25H24F2N2OS. The molecule has 6 heteroatoms. The first kappa shape index (κ1) is 22.6. The van der Waals surface area contributed by atoms with Crippen molar-refractivity contribution in [3.8, 4) is 21.0 Å². The summed E-state index contributed by atoms with van der Waals surface area (Å²) in [6.45, 7) is 5.85. The Bertz CT molecular complexity index is 1170. The molecule has 4 rings (SSSR count). The Balaban J connectivity index is 0.000000196. The largest absolute Gasteiger partial charge is 0.333 e. The molecule has 31 heavy (non-hydrogen) atoms. The Morgan fingerprint density at radius 1 is 1.06 bits per heavy atom. The molecule has 0 N–H and O–H groups in total. The van der Waals surface area contributed by atoms with Crippen LogP contribution in [0.5, 0.6) is 0 Å². The Morgan fingerprint density at radius 3 is 2.26 bits per heavy atom. The van der Waals surface area contributed by atoms with Crippen molar-refractivity contribution in [2.75, 3.05) is 0 Å². The molecule has 0 aliphatic carbocycles. The van der Waals surface area contributed by atoms with E-state index in [0.29, 0.717) is 0 Å². The van der Waals surface area contributed by atoms with Crippen molar-refractivity contribution < 1.29 is 13.6 Å². The number of imidazole rings is 1. The maximum absolute atomic E-state index is 12.8. The Labute approximate surface area is 185 Å². The summed E-state index contributed by atoms with van der Waals surface area (Å²) in [6.07, 6.45) is 3.87. The number of hydrogen-bond acceptors (Lipinski definition) is 3. The molecule has 0 saturated carbocycles. The number of aromatic nitrogens is 2. The third-order valence-corrected chi connectivity index (χ3v) is 6.17. The molecule has 0 radical (unpaired) electrons. The van der Waals surface area contributed by atoms with Crippen LogP contribution in [0.3, 0.4) is 0 Å². The molecule has 2 heterocycles. The van der Waals surface area contributed by atoms with Crippen LogP contribution >= 0.6 is 11.3 Å². The molecule has 0 atom stereocenters. The SMILES string of the molecule is CCC(=O)c1c(F)cccc1F.Cc1ccc(-c2sc(-c3cncn3C)cc2C)cc1. The number of carbonyl (C=O) groups excluding carboxylic acids is 1. The number of halogens is 2. The van der Waals surface area contributed by atoms with Crippen LogP contribution in [0.1, 0.15) is 34.8 Å². The summed E-state index contributed by atoms with van der Waals surface area (Å²) >= 11 is 1.83. The topological polar surface area (TPSA) is 34.9 Å². The molecule has 0 spiro atoms. The number of rotatable bonds is 4. The van der Waals surface area contributed by atoms with Gasteiger partial charge in [0, 0.05) is 18.3 Å². The summed E-state index contributed by atoms with van der Waals surface area (Å²) in [5.41, 5.74) is 4.66. The fourth-order valence-electron chi connectivity index (χ4n) is 3.14. The molecule has 0 fully saturated rings. The van der Waals surface area contributed by atoms with Gasteiger partial charge < -0.3 is 4.57 Å². The van der Waals surface area contributed by atoms with Crippen LogP contribution in [0.2, 0.25) is 0 Å². The van der Waals surface area contributed by atoms with Crippen molar-refractivity contribution in [2.24, 2.45) is 7.05 Å². The Hall–Kier alpha value is -3.12. The van der Waals surface area contributed by atoms with E-state index in [-0.39, 0.29) is 6.42 Å². The number of hydrogen-bond donors (Lipinski definition) is 0. The number of ketones is 1. The number of thiophene rings is 1. The van der Waals surface area contributed by atoms with Crippen LogP contribution < -0.4 is 0 Å². The fraction of sp³-hybridized carbons (Fsp3) is 0.200. The highest BCUT2D eigenvalue weighted by molar-refractivity contribution is 7.19. The first-order valence-corrected chi connectivity index (χ1v) is 10.7. The average Bonchev–Trinajstić information content (AvgIpc) is 3.34. The quantitative estimate of drug-likeness (QED) is 0.322. The van der Waals surface area contributed by atoms with Crippen LogP contribution in [-0.4, -0.2) is 15.3 Å². The van der Waals surface area contributed by atoms with E-state index in [1.54, 1.807) is 6.92 Å². The summed E-state index contributed by atoms with van der Waals surface area (Å²) in [5, 5.41) is 0. The van der Waals surface area contributed by atoms with E-state index < -0.39 is 23.0 Å². The van der Waals surface area contributed by atoms with E-state index >= 15 is 0 Å². The van der Waals surface area contributed by atoms with Gasteiger partial charge in [-0.2, -0.15) is 0 Å². The van der Waals surface area contributed by atoms with Gasteiger partial charge in [-0.25, -0.2) is 13.8 Å². The number of aryl methyl sites for hydroxylation is 3. The van der Waals surface area contributed by atoms with E-state index in [4.69, 9.17) is 0 Å². The van der Waals surface area contributed by atoms with Gasteiger partial charge >= 0.3 is 0 Å². The highest BCUT2D eigenvalue weighted by Gasteiger charge is 2.14. The minimum atomic E-state index is -0.790. The van der Waals surface area contributed by atoms with Gasteiger partial charge in [0.15, 0.2) is 5.78 Å². The Morgan fingerprint density at radius 2 is 1.71 bits per heavy atom. The number of benzene rings is 2. The van der Waals surface area contributed by atoms with Gasteiger partial charge in [0.25, 0.3) is 0 Å². The lowest BCUT2D eigenvalue weighted by Gasteiger charge is -2.00. The van der Waals surface area contributed by atoms with Gasteiger partial charge in [-0.15, -0.1) is 11.3 Å². The van der Waals surface area contributed by atoms with Crippen molar-refractivity contribution in [1.29, 1.82) is 0 Å². The first-order chi connectivity index (χ1) is 14.8. The first-order valence-electron chi connectivity index (χ1n) is 9.93. The van der Waals surface area contributed by atoms with Gasteiger partial charge in [-0.3, -0.25) is 4.79 Å². The third-order valence-electron chi connectivity index (χ3n) is 4.86. The lowest BCUT2D eigenvalue weighted by Crippen LogP contribution is -2.03. The molecule has 0 unspecified atom stereocenters. The van der Waals surface area contributed by atoms with E-state index in [2.05, 4.69) is 53.7 Å².